The fourth-order valence-corrected chi connectivity index (χ4v) is 8.63. The minimum atomic E-state index is -0.0435. The number of benzene rings is 7. The average Bonchev–Trinajstić information content (AvgIpc) is 3.43. The van der Waals surface area contributed by atoms with E-state index in [2.05, 4.69) is 163 Å². The van der Waals surface area contributed by atoms with Crippen LogP contribution < -0.4 is 5.46 Å². The monoisotopic (exact) mass is 574 g/mol. The first-order valence-electron chi connectivity index (χ1n) is 16.2. The lowest BCUT2D eigenvalue weighted by Crippen LogP contribution is -2.15. The highest BCUT2D eigenvalue weighted by atomic mass is 14.4. The van der Waals surface area contributed by atoms with Gasteiger partial charge in [-0.1, -0.05) is 148 Å². The van der Waals surface area contributed by atoms with Gasteiger partial charge in [-0.05, 0) is 100 Å². The van der Waals surface area contributed by atoms with Crippen LogP contribution in [0.25, 0.3) is 66.1 Å². The third-order valence-electron chi connectivity index (χ3n) is 10.9. The van der Waals surface area contributed by atoms with Crippen LogP contribution in [0.3, 0.4) is 0 Å². The van der Waals surface area contributed by atoms with E-state index in [-0.39, 0.29) is 10.8 Å². The van der Waals surface area contributed by atoms with E-state index in [0.29, 0.717) is 0 Å². The summed E-state index contributed by atoms with van der Waals surface area (Å²) in [6, 6.07) is 48.3. The molecule has 0 N–H and O–H groups in total. The maximum Gasteiger partial charge on any atom is 0.139 e. The molecule has 0 saturated heterocycles. The summed E-state index contributed by atoms with van der Waals surface area (Å²) in [5.41, 5.74) is 17.5. The lowest BCUT2D eigenvalue weighted by Gasteiger charge is -2.24. The number of hydrogen-bond donors (Lipinski definition) is 0. The van der Waals surface area contributed by atoms with E-state index < -0.39 is 0 Å². The van der Waals surface area contributed by atoms with E-state index in [1.54, 1.807) is 0 Å². The minimum absolute atomic E-state index is 0.0428. The van der Waals surface area contributed by atoms with Gasteiger partial charge in [-0.2, -0.15) is 0 Å². The predicted molar refractivity (Wildman–Crippen MR) is 196 cm³/mol. The molecule has 0 amide bonds. The van der Waals surface area contributed by atoms with Crippen LogP contribution in [-0.4, -0.2) is 7.85 Å². The largest absolute Gasteiger partial charge is 0.139 e. The van der Waals surface area contributed by atoms with Crippen molar-refractivity contribution in [2.75, 3.05) is 0 Å². The van der Waals surface area contributed by atoms with Crippen LogP contribution in [0.2, 0.25) is 0 Å². The Morgan fingerprint density at radius 2 is 0.800 bits per heavy atom. The first-order chi connectivity index (χ1) is 21.7. The fourth-order valence-electron chi connectivity index (χ4n) is 8.63. The molecule has 7 aromatic carbocycles. The number of rotatable bonds is 2. The Morgan fingerprint density at radius 1 is 0.378 bits per heavy atom. The molecular formula is C44H35B. The highest BCUT2D eigenvalue weighted by Crippen LogP contribution is 2.53. The third kappa shape index (κ3) is 3.56. The molecule has 0 unspecified atom stereocenters. The number of hydrogen-bond acceptors (Lipinski definition) is 0. The molecular weight excluding hydrogens is 539 g/mol. The Hall–Kier alpha value is -4.88. The molecule has 0 aliphatic heterocycles. The van der Waals surface area contributed by atoms with Gasteiger partial charge < -0.3 is 0 Å². The summed E-state index contributed by atoms with van der Waals surface area (Å²) in [6.07, 6.45) is 0. The van der Waals surface area contributed by atoms with Gasteiger partial charge in [0, 0.05) is 10.8 Å². The first-order valence-corrected chi connectivity index (χ1v) is 16.2. The molecule has 7 aromatic rings. The normalized spacial score (nSPS) is 15.1. The second-order valence-electron chi connectivity index (χ2n) is 14.2. The molecule has 0 heterocycles. The van der Waals surface area contributed by atoms with Crippen LogP contribution in [0, 0.1) is 0 Å². The van der Waals surface area contributed by atoms with Gasteiger partial charge in [-0.15, -0.1) is 0 Å². The lowest BCUT2D eigenvalue weighted by atomic mass is 9.79. The smallest absolute Gasteiger partial charge is 0.0883 e. The van der Waals surface area contributed by atoms with E-state index in [0.717, 1.165) is 0 Å². The van der Waals surface area contributed by atoms with Crippen LogP contribution in [0.1, 0.15) is 49.9 Å². The Labute approximate surface area is 266 Å². The van der Waals surface area contributed by atoms with Gasteiger partial charge in [0.25, 0.3) is 0 Å². The molecule has 45 heavy (non-hydrogen) atoms. The van der Waals surface area contributed by atoms with E-state index in [1.165, 1.54) is 93.8 Å². The summed E-state index contributed by atoms with van der Waals surface area (Å²) in [5.74, 6) is 0. The quantitative estimate of drug-likeness (QED) is 0.142. The highest BCUT2D eigenvalue weighted by Gasteiger charge is 2.37. The lowest BCUT2D eigenvalue weighted by molar-refractivity contribution is 0.660. The topological polar surface area (TPSA) is 0 Å². The molecule has 0 atom stereocenters. The van der Waals surface area contributed by atoms with Crippen molar-refractivity contribution in [3.05, 3.63) is 150 Å². The van der Waals surface area contributed by atoms with Gasteiger partial charge >= 0.3 is 0 Å². The number of fused-ring (bicyclic) bond motifs is 8. The van der Waals surface area contributed by atoms with Gasteiger partial charge in [-0.25, -0.2) is 0 Å². The second kappa shape index (κ2) is 9.08. The maximum absolute atomic E-state index is 2.48. The molecule has 9 rings (SSSR count). The summed E-state index contributed by atoms with van der Waals surface area (Å²) in [5, 5.41) is 5.24. The summed E-state index contributed by atoms with van der Waals surface area (Å²) in [7, 11) is 2.22. The van der Waals surface area contributed by atoms with E-state index in [4.69, 9.17) is 0 Å². The van der Waals surface area contributed by atoms with Crippen molar-refractivity contribution < 1.29 is 0 Å². The molecule has 0 bridgehead atoms. The minimum Gasteiger partial charge on any atom is -0.0883 e. The highest BCUT2D eigenvalue weighted by molar-refractivity contribution is 6.34. The fraction of sp³-hybridized carbons (Fsp3) is 0.136. The Kier molecular flexibility index (Phi) is 5.35. The molecule has 0 fully saturated rings. The summed E-state index contributed by atoms with van der Waals surface area (Å²) in [6.45, 7) is 9.49. The molecule has 0 nitrogen and oxygen atoms in total. The zero-order valence-corrected chi connectivity index (χ0v) is 26.6. The van der Waals surface area contributed by atoms with Gasteiger partial charge in [0.05, 0.1) is 0 Å². The molecule has 0 spiro atoms. The maximum atomic E-state index is 2.48. The Bertz CT molecular complexity index is 2390. The van der Waals surface area contributed by atoms with Crippen LogP contribution in [0.15, 0.2) is 127 Å². The standard InChI is InChI=1S/C44H35B/c1-43(2)37-15-9-7-11-29(37)31-20-17-26(23-39(31)43)41-33-13-5-6-14-34(33)42(36-25-28(45)19-22-35(36)41)27-18-21-32-30-12-8-10-16-38(30)44(3,4)40(32)24-27/h5-25H,45H2,1-4H3. The zero-order valence-electron chi connectivity index (χ0n) is 26.6. The average molecular weight is 575 g/mol. The van der Waals surface area contributed by atoms with E-state index in [9.17, 15) is 0 Å². The molecule has 2 aliphatic rings. The van der Waals surface area contributed by atoms with E-state index in [1.807, 2.05) is 0 Å². The molecule has 1 heteroatoms. The molecule has 0 radical (unpaired) electrons. The van der Waals surface area contributed by atoms with Gasteiger partial charge in [0.15, 0.2) is 0 Å². The molecule has 214 valence electrons. The summed E-state index contributed by atoms with van der Waals surface area (Å²) >= 11 is 0. The molecule has 2 aliphatic carbocycles. The van der Waals surface area contributed by atoms with Gasteiger partial charge in [-0.3, -0.25) is 0 Å². The Balaban J connectivity index is 1.32. The SMILES string of the molecule is Bc1ccc2c(-c3ccc4c(c3)C(C)(C)c3ccccc3-4)c3ccccc3c(-c3ccc4c(c3)C(C)(C)c3ccccc3-4)c2c1. The zero-order chi connectivity index (χ0) is 30.7. The van der Waals surface area contributed by atoms with Crippen LogP contribution in [0.5, 0.6) is 0 Å². The summed E-state index contributed by atoms with van der Waals surface area (Å²) < 4.78 is 0. The van der Waals surface area contributed by atoms with Crippen molar-refractivity contribution >= 4 is 34.9 Å². The van der Waals surface area contributed by atoms with Crippen molar-refractivity contribution in [1.82, 2.24) is 0 Å². The van der Waals surface area contributed by atoms with Crippen molar-refractivity contribution in [3.8, 4) is 44.5 Å². The second-order valence-corrected chi connectivity index (χ2v) is 14.2. The predicted octanol–water partition coefficient (Wildman–Crippen LogP) is 10.2. The van der Waals surface area contributed by atoms with E-state index >= 15 is 0 Å². The molecule has 0 saturated carbocycles. The Morgan fingerprint density at radius 3 is 1.33 bits per heavy atom. The first kappa shape index (κ1) is 26.5. The van der Waals surface area contributed by atoms with Crippen molar-refractivity contribution in [3.63, 3.8) is 0 Å². The van der Waals surface area contributed by atoms with Crippen molar-refractivity contribution in [2.24, 2.45) is 0 Å². The van der Waals surface area contributed by atoms with Crippen LogP contribution in [0.4, 0.5) is 0 Å². The third-order valence-corrected chi connectivity index (χ3v) is 10.9. The van der Waals surface area contributed by atoms with Crippen LogP contribution in [-0.2, 0) is 10.8 Å². The van der Waals surface area contributed by atoms with Crippen molar-refractivity contribution in [2.45, 2.75) is 38.5 Å². The van der Waals surface area contributed by atoms with Crippen LogP contribution >= 0.6 is 0 Å². The molecule has 0 aromatic heterocycles. The summed E-state index contributed by atoms with van der Waals surface area (Å²) in [4.78, 5) is 0. The van der Waals surface area contributed by atoms with Gasteiger partial charge in [0.2, 0.25) is 0 Å². The van der Waals surface area contributed by atoms with Gasteiger partial charge in [0.1, 0.15) is 7.85 Å². The van der Waals surface area contributed by atoms with Crippen molar-refractivity contribution in [1.29, 1.82) is 0 Å².